The average Bonchev–Trinajstić information content (AvgIpc) is 3.00. The number of unbranched alkanes of at least 4 members (excludes halogenated alkanes) is 3. The lowest BCUT2D eigenvalue weighted by Crippen LogP contribution is -2.47. The van der Waals surface area contributed by atoms with Gasteiger partial charge in [-0.25, -0.2) is 0 Å². The molecule has 0 aliphatic rings. The molecule has 3 N–H and O–H groups in total. The Morgan fingerprint density at radius 2 is 1.36 bits per heavy atom. The Kier molecular flexibility index (Phi) is 28.9. The number of allylic oxidation sites excluding steroid dienone is 7. The molecular formula is C35H59N3O5S2. The molecule has 1 atom stereocenters. The molecule has 0 heterocycles. The third kappa shape index (κ3) is 26.7. The molecular weight excluding hydrogens is 607 g/mol. The van der Waals surface area contributed by atoms with Crippen molar-refractivity contribution in [2.75, 3.05) is 52.0 Å². The lowest BCUT2D eigenvalue weighted by molar-refractivity contribution is -0.140. The summed E-state index contributed by atoms with van der Waals surface area (Å²) < 4.78 is 10.5. The van der Waals surface area contributed by atoms with Crippen LogP contribution in [0, 0.1) is 5.41 Å². The Balaban J connectivity index is 3.73. The van der Waals surface area contributed by atoms with Crippen molar-refractivity contribution in [3.8, 4) is 0 Å². The van der Waals surface area contributed by atoms with Crippen molar-refractivity contribution in [2.24, 2.45) is 5.41 Å². The molecule has 0 radical (unpaired) electrons. The molecule has 0 aliphatic carbocycles. The summed E-state index contributed by atoms with van der Waals surface area (Å²) in [4.78, 5) is 36.4. The van der Waals surface area contributed by atoms with E-state index in [-0.39, 0.29) is 30.7 Å². The van der Waals surface area contributed by atoms with Crippen LogP contribution >= 0.6 is 21.6 Å². The van der Waals surface area contributed by atoms with Crippen molar-refractivity contribution >= 4 is 39.3 Å². The van der Waals surface area contributed by atoms with Crippen LogP contribution in [0.2, 0.25) is 0 Å². The summed E-state index contributed by atoms with van der Waals surface area (Å²) in [7, 11) is 6.39. The van der Waals surface area contributed by atoms with E-state index in [1.165, 1.54) is 32.8 Å². The fraction of sp³-hybridized carbons (Fsp3) is 0.657. The number of carbonyl (C=O) groups is 3. The molecule has 0 fully saturated rings. The van der Waals surface area contributed by atoms with Gasteiger partial charge in [0.1, 0.15) is 6.10 Å². The second-order valence-electron chi connectivity index (χ2n) is 11.2. The van der Waals surface area contributed by atoms with Gasteiger partial charge in [-0.05, 0) is 50.7 Å². The number of carbonyl (C=O) groups excluding carboxylic acids is 3. The van der Waals surface area contributed by atoms with Gasteiger partial charge in [-0.3, -0.25) is 14.4 Å². The van der Waals surface area contributed by atoms with E-state index >= 15 is 0 Å². The lowest BCUT2D eigenvalue weighted by Gasteiger charge is -2.31. The molecule has 0 saturated heterocycles. The fourth-order valence-electron chi connectivity index (χ4n) is 4.15. The van der Waals surface area contributed by atoms with Gasteiger partial charge in [0.05, 0.1) is 6.61 Å². The van der Waals surface area contributed by atoms with Gasteiger partial charge in [0, 0.05) is 63.6 Å². The summed E-state index contributed by atoms with van der Waals surface area (Å²) >= 11 is 0. The normalized spacial score (nSPS) is 12.4. The van der Waals surface area contributed by atoms with Gasteiger partial charge in [0.2, 0.25) is 17.7 Å². The van der Waals surface area contributed by atoms with Crippen LogP contribution in [0.25, 0.3) is 0 Å². The van der Waals surface area contributed by atoms with E-state index in [1.807, 2.05) is 26.0 Å². The smallest absolute Gasteiger partial charge is 0.249 e. The van der Waals surface area contributed by atoms with Crippen molar-refractivity contribution in [3.63, 3.8) is 0 Å². The van der Waals surface area contributed by atoms with Crippen molar-refractivity contribution < 1.29 is 23.9 Å². The minimum Gasteiger partial charge on any atom is -0.384 e. The first-order valence-electron chi connectivity index (χ1n) is 16.2. The van der Waals surface area contributed by atoms with Crippen LogP contribution in [0.1, 0.15) is 85.0 Å². The minimum absolute atomic E-state index is 0.0413. The second-order valence-corrected chi connectivity index (χ2v) is 13.9. The van der Waals surface area contributed by atoms with Gasteiger partial charge in [-0.2, -0.15) is 0 Å². The first-order valence-corrected chi connectivity index (χ1v) is 18.7. The summed E-state index contributed by atoms with van der Waals surface area (Å²) in [5, 5.41) is 8.56. The zero-order chi connectivity index (χ0) is 33.4. The van der Waals surface area contributed by atoms with Gasteiger partial charge in [0.15, 0.2) is 0 Å². The van der Waals surface area contributed by atoms with Gasteiger partial charge in [-0.1, -0.05) is 91.7 Å². The molecule has 3 amide bonds. The zero-order valence-electron chi connectivity index (χ0n) is 28.4. The van der Waals surface area contributed by atoms with Crippen LogP contribution < -0.4 is 16.0 Å². The van der Waals surface area contributed by atoms with E-state index in [4.69, 9.17) is 9.47 Å². The van der Waals surface area contributed by atoms with E-state index in [2.05, 4.69) is 65.1 Å². The predicted molar refractivity (Wildman–Crippen MR) is 192 cm³/mol. The molecule has 10 heteroatoms. The third-order valence-corrected chi connectivity index (χ3v) is 8.88. The Bertz CT molecular complexity index is 944. The van der Waals surface area contributed by atoms with Gasteiger partial charge in [0.25, 0.3) is 0 Å². The predicted octanol–water partition coefficient (Wildman–Crippen LogP) is 6.70. The topological polar surface area (TPSA) is 106 Å². The maximum Gasteiger partial charge on any atom is 0.249 e. The molecule has 0 aromatic carbocycles. The van der Waals surface area contributed by atoms with Gasteiger partial charge in [-0.15, -0.1) is 5.73 Å². The Hall–Kier alpha value is -2.23. The van der Waals surface area contributed by atoms with Crippen molar-refractivity contribution in [3.05, 3.63) is 54.3 Å². The third-order valence-electron chi connectivity index (χ3n) is 6.47. The summed E-state index contributed by atoms with van der Waals surface area (Å²) in [6, 6.07) is 0. The van der Waals surface area contributed by atoms with Crippen molar-refractivity contribution in [1.82, 2.24) is 16.0 Å². The minimum atomic E-state index is -0.661. The van der Waals surface area contributed by atoms with E-state index in [9.17, 15) is 14.4 Å². The van der Waals surface area contributed by atoms with Crippen LogP contribution in [0.4, 0.5) is 0 Å². The fourth-order valence-corrected chi connectivity index (χ4v) is 5.97. The van der Waals surface area contributed by atoms with E-state index in [1.54, 1.807) is 28.7 Å². The Morgan fingerprint density at radius 3 is 1.96 bits per heavy atom. The highest BCUT2D eigenvalue weighted by molar-refractivity contribution is 8.76. The molecule has 256 valence electrons. The quantitative estimate of drug-likeness (QED) is 0.0370. The summed E-state index contributed by atoms with van der Waals surface area (Å²) in [5.74, 6) is 1.23. The van der Waals surface area contributed by atoms with Crippen molar-refractivity contribution in [2.45, 2.75) is 91.1 Å². The first kappa shape index (κ1) is 42.8. The number of methoxy groups -OCH3 is 2. The maximum absolute atomic E-state index is 12.4. The average molecular weight is 666 g/mol. The van der Waals surface area contributed by atoms with Crippen molar-refractivity contribution in [1.29, 1.82) is 0 Å². The van der Waals surface area contributed by atoms with Crippen LogP contribution in [0.15, 0.2) is 54.3 Å². The maximum atomic E-state index is 12.4. The van der Waals surface area contributed by atoms with Crippen LogP contribution in [-0.4, -0.2) is 75.8 Å². The van der Waals surface area contributed by atoms with E-state index in [0.29, 0.717) is 32.5 Å². The molecule has 8 nitrogen and oxygen atoms in total. The number of nitrogens with one attached hydrogen (secondary N) is 3. The summed E-state index contributed by atoms with van der Waals surface area (Å²) in [6.45, 7) is 7.81. The number of hydrogen-bond donors (Lipinski definition) is 3. The molecule has 0 saturated carbocycles. The Morgan fingerprint density at radius 1 is 0.756 bits per heavy atom. The standard InChI is InChI=1S/C35H59N3O5S2/c1-6-7-8-9-10-11-12-13-14-15-16-17-18-19-20-21-22-23-31(39)36-26-28-44-45-29-27-37-32(40)24-25-38-34(41)33(43-5)35(2,3)30-42-4/h10-11,13-14,16-17,19,21,33H,6-9,12,15,18,22-30H2,1-5H3,(H,36,39)(H,37,40)(H,38,41)/b11-10-,14-13-,17-16-. The highest BCUT2D eigenvalue weighted by Gasteiger charge is 2.35. The van der Waals surface area contributed by atoms with Crippen LogP contribution in [0.3, 0.4) is 0 Å². The Labute approximate surface area is 281 Å². The molecule has 0 aliphatic heterocycles. The van der Waals surface area contributed by atoms with E-state index in [0.717, 1.165) is 30.8 Å². The summed E-state index contributed by atoms with van der Waals surface area (Å²) in [6.07, 6.45) is 25.6. The molecule has 0 rings (SSSR count). The largest absolute Gasteiger partial charge is 0.384 e. The molecule has 0 aromatic heterocycles. The van der Waals surface area contributed by atoms with Gasteiger partial charge < -0.3 is 25.4 Å². The molecule has 0 bridgehead atoms. The molecule has 0 aromatic rings. The molecule has 45 heavy (non-hydrogen) atoms. The SMILES string of the molecule is CCCCC/C=C\C/C=C\C/C=C\CC=C=CCCC(=O)NCCSSCCNC(=O)CCNC(=O)C(OC)C(C)(C)COC. The van der Waals surface area contributed by atoms with Crippen LogP contribution in [-0.2, 0) is 23.9 Å². The first-order chi connectivity index (χ1) is 21.8. The molecule has 1 unspecified atom stereocenters. The van der Waals surface area contributed by atoms with E-state index < -0.39 is 11.5 Å². The highest BCUT2D eigenvalue weighted by Crippen LogP contribution is 2.23. The zero-order valence-corrected chi connectivity index (χ0v) is 30.0. The second kappa shape index (κ2) is 30.4. The number of amides is 3. The van der Waals surface area contributed by atoms with Crippen LogP contribution in [0.5, 0.6) is 0 Å². The van der Waals surface area contributed by atoms with Gasteiger partial charge >= 0.3 is 0 Å². The number of rotatable bonds is 28. The summed E-state index contributed by atoms with van der Waals surface area (Å²) in [5.41, 5.74) is 2.66. The number of ether oxygens (including phenoxy) is 2. The number of hydrogen-bond acceptors (Lipinski definition) is 7. The lowest BCUT2D eigenvalue weighted by atomic mass is 9.86. The monoisotopic (exact) mass is 665 g/mol. The molecule has 0 spiro atoms. The highest BCUT2D eigenvalue weighted by atomic mass is 33.1.